The van der Waals surface area contributed by atoms with E-state index in [1.165, 1.54) is 10.4 Å². The Morgan fingerprint density at radius 2 is 2.27 bits per heavy atom. The lowest BCUT2D eigenvalue weighted by Gasteiger charge is -2.33. The molecule has 1 amide bonds. The molecule has 22 heavy (non-hydrogen) atoms. The number of para-hydroxylation sites is 1. The molecule has 1 aliphatic heterocycles. The van der Waals surface area contributed by atoms with E-state index in [-0.39, 0.29) is 11.9 Å². The van der Waals surface area contributed by atoms with Crippen LogP contribution in [0.15, 0.2) is 44.6 Å². The summed E-state index contributed by atoms with van der Waals surface area (Å²) in [6.45, 7) is 2.83. The highest BCUT2D eigenvalue weighted by atomic mass is 79.9. The smallest absolute Gasteiger partial charge is 0.290 e. The van der Waals surface area contributed by atoms with Crippen molar-refractivity contribution in [2.75, 3.05) is 6.54 Å². The molecule has 0 N–H and O–H groups in total. The third-order valence-corrected chi connectivity index (χ3v) is 5.87. The first-order valence-corrected chi connectivity index (χ1v) is 8.87. The lowest BCUT2D eigenvalue weighted by Crippen LogP contribution is -2.38. The van der Waals surface area contributed by atoms with Crippen LogP contribution >= 0.6 is 27.3 Å². The maximum Gasteiger partial charge on any atom is 0.290 e. The number of carbonyl (C=O) groups excluding carboxylic acids is 1. The van der Waals surface area contributed by atoms with Crippen molar-refractivity contribution in [2.24, 2.45) is 0 Å². The number of carbonyl (C=O) groups is 1. The molecule has 1 unspecified atom stereocenters. The summed E-state index contributed by atoms with van der Waals surface area (Å²) in [5.41, 5.74) is 1.99. The van der Waals surface area contributed by atoms with E-state index in [1.54, 1.807) is 11.3 Å². The van der Waals surface area contributed by atoms with Gasteiger partial charge in [-0.15, -0.1) is 11.3 Å². The molecule has 3 nitrogen and oxygen atoms in total. The monoisotopic (exact) mass is 375 g/mol. The van der Waals surface area contributed by atoms with E-state index in [4.69, 9.17) is 4.42 Å². The van der Waals surface area contributed by atoms with Crippen LogP contribution in [0.5, 0.6) is 0 Å². The molecular weight excluding hydrogens is 362 g/mol. The Kier molecular flexibility index (Phi) is 3.35. The highest BCUT2D eigenvalue weighted by molar-refractivity contribution is 9.10. The quantitative estimate of drug-likeness (QED) is 0.598. The van der Waals surface area contributed by atoms with Gasteiger partial charge in [0.1, 0.15) is 5.58 Å². The average Bonchev–Trinajstić information content (AvgIpc) is 3.14. The average molecular weight is 376 g/mol. The van der Waals surface area contributed by atoms with Crippen molar-refractivity contribution in [3.05, 3.63) is 56.4 Å². The number of hydrogen-bond acceptors (Lipinski definition) is 3. The topological polar surface area (TPSA) is 33.5 Å². The standard InChI is InChI=1S/C17H14BrNO2S/c1-10-12-6-8-22-15(12)5-7-19(10)17(20)14-9-11-3-2-4-13(18)16(11)21-14/h2-4,6,8-10H,5,7H2,1H3. The second kappa shape index (κ2) is 5.25. The molecule has 0 saturated carbocycles. The molecule has 0 aliphatic carbocycles. The highest BCUT2D eigenvalue weighted by Crippen LogP contribution is 2.35. The Bertz CT molecular complexity index is 867. The Morgan fingerprint density at radius 3 is 3.09 bits per heavy atom. The molecule has 1 atom stereocenters. The molecule has 4 rings (SSSR count). The van der Waals surface area contributed by atoms with Gasteiger partial charge in [-0.05, 0) is 58.4 Å². The Balaban J connectivity index is 1.70. The van der Waals surface area contributed by atoms with E-state index < -0.39 is 0 Å². The van der Waals surface area contributed by atoms with Crippen molar-refractivity contribution in [3.8, 4) is 0 Å². The third-order valence-electron chi connectivity index (χ3n) is 4.24. The number of amides is 1. The molecule has 2 aromatic heterocycles. The van der Waals surface area contributed by atoms with Crippen molar-refractivity contribution in [1.82, 2.24) is 4.90 Å². The van der Waals surface area contributed by atoms with Gasteiger partial charge in [0.15, 0.2) is 5.76 Å². The van der Waals surface area contributed by atoms with Crippen molar-refractivity contribution >= 4 is 44.1 Å². The molecule has 0 spiro atoms. The van der Waals surface area contributed by atoms with Gasteiger partial charge in [0, 0.05) is 16.8 Å². The molecule has 1 aromatic carbocycles. The van der Waals surface area contributed by atoms with Gasteiger partial charge in [0.05, 0.1) is 10.5 Å². The van der Waals surface area contributed by atoms with Gasteiger partial charge in [-0.1, -0.05) is 12.1 Å². The first-order valence-electron chi connectivity index (χ1n) is 7.20. The Labute approximate surface area is 140 Å². The number of fused-ring (bicyclic) bond motifs is 2. The number of benzene rings is 1. The number of thiophene rings is 1. The normalized spacial score (nSPS) is 17.7. The lowest BCUT2D eigenvalue weighted by molar-refractivity contribution is 0.0649. The van der Waals surface area contributed by atoms with Crippen LogP contribution in [-0.4, -0.2) is 17.4 Å². The zero-order valence-corrected chi connectivity index (χ0v) is 14.4. The second-order valence-electron chi connectivity index (χ2n) is 5.49. The number of furan rings is 1. The highest BCUT2D eigenvalue weighted by Gasteiger charge is 2.30. The molecule has 0 fully saturated rings. The maximum atomic E-state index is 12.8. The molecule has 5 heteroatoms. The van der Waals surface area contributed by atoms with Crippen LogP contribution in [0.25, 0.3) is 11.0 Å². The maximum absolute atomic E-state index is 12.8. The van der Waals surface area contributed by atoms with E-state index in [1.807, 2.05) is 29.2 Å². The minimum atomic E-state index is -0.0348. The van der Waals surface area contributed by atoms with Gasteiger partial charge >= 0.3 is 0 Å². The summed E-state index contributed by atoms with van der Waals surface area (Å²) in [7, 11) is 0. The van der Waals surface area contributed by atoms with Gasteiger partial charge in [-0.25, -0.2) is 0 Å². The SMILES string of the molecule is CC1c2ccsc2CCN1C(=O)c1cc2cccc(Br)c2o1. The molecule has 3 heterocycles. The lowest BCUT2D eigenvalue weighted by atomic mass is 10.0. The summed E-state index contributed by atoms with van der Waals surface area (Å²) in [5, 5.41) is 3.05. The zero-order valence-electron chi connectivity index (χ0n) is 12.0. The van der Waals surface area contributed by atoms with E-state index in [9.17, 15) is 4.79 Å². The molecule has 0 bridgehead atoms. The van der Waals surface area contributed by atoms with Crippen molar-refractivity contribution in [2.45, 2.75) is 19.4 Å². The zero-order chi connectivity index (χ0) is 15.3. The van der Waals surface area contributed by atoms with E-state index in [0.29, 0.717) is 5.76 Å². The molecule has 0 saturated heterocycles. The van der Waals surface area contributed by atoms with Crippen LogP contribution in [0.2, 0.25) is 0 Å². The molecule has 3 aromatic rings. The van der Waals surface area contributed by atoms with E-state index >= 15 is 0 Å². The van der Waals surface area contributed by atoms with E-state index in [2.05, 4.69) is 34.3 Å². The van der Waals surface area contributed by atoms with Gasteiger partial charge < -0.3 is 9.32 Å². The fraction of sp³-hybridized carbons (Fsp3) is 0.235. The molecule has 0 radical (unpaired) electrons. The van der Waals surface area contributed by atoms with Crippen molar-refractivity contribution < 1.29 is 9.21 Å². The molecule has 1 aliphatic rings. The number of nitrogens with zero attached hydrogens (tertiary/aromatic N) is 1. The minimum Gasteiger partial charge on any atom is -0.450 e. The van der Waals surface area contributed by atoms with Crippen molar-refractivity contribution in [3.63, 3.8) is 0 Å². The van der Waals surface area contributed by atoms with Gasteiger partial charge in [0.25, 0.3) is 5.91 Å². The Morgan fingerprint density at radius 1 is 1.41 bits per heavy atom. The first kappa shape index (κ1) is 14.0. The van der Waals surface area contributed by atoms with Gasteiger partial charge in [-0.3, -0.25) is 4.79 Å². The third kappa shape index (κ3) is 2.11. The Hall–Kier alpha value is -1.59. The largest absolute Gasteiger partial charge is 0.450 e. The summed E-state index contributed by atoms with van der Waals surface area (Å²) in [6, 6.07) is 9.87. The summed E-state index contributed by atoms with van der Waals surface area (Å²) >= 11 is 5.24. The van der Waals surface area contributed by atoms with Crippen LogP contribution in [0, 0.1) is 0 Å². The number of rotatable bonds is 1. The molecular formula is C17H14BrNO2S. The van der Waals surface area contributed by atoms with Crippen LogP contribution in [0.1, 0.15) is 34.0 Å². The summed E-state index contributed by atoms with van der Waals surface area (Å²) in [5.74, 6) is 0.375. The number of halogens is 1. The van der Waals surface area contributed by atoms with Crippen LogP contribution in [-0.2, 0) is 6.42 Å². The van der Waals surface area contributed by atoms with Crippen LogP contribution in [0.3, 0.4) is 0 Å². The molecule has 112 valence electrons. The van der Waals surface area contributed by atoms with E-state index in [0.717, 1.165) is 28.4 Å². The summed E-state index contributed by atoms with van der Waals surface area (Å²) in [4.78, 5) is 16.1. The summed E-state index contributed by atoms with van der Waals surface area (Å²) < 4.78 is 6.67. The van der Waals surface area contributed by atoms with Crippen molar-refractivity contribution in [1.29, 1.82) is 0 Å². The minimum absolute atomic E-state index is 0.0348. The summed E-state index contributed by atoms with van der Waals surface area (Å²) in [6.07, 6.45) is 0.924. The van der Waals surface area contributed by atoms with Crippen LogP contribution in [0.4, 0.5) is 0 Å². The van der Waals surface area contributed by atoms with Crippen LogP contribution < -0.4 is 0 Å². The second-order valence-corrected chi connectivity index (χ2v) is 7.35. The van der Waals surface area contributed by atoms with Gasteiger partial charge in [0.2, 0.25) is 0 Å². The predicted octanol–water partition coefficient (Wildman–Crippen LogP) is 5.02. The number of hydrogen-bond donors (Lipinski definition) is 0. The fourth-order valence-corrected chi connectivity index (χ4v) is 4.49. The van der Waals surface area contributed by atoms with Gasteiger partial charge in [-0.2, -0.15) is 0 Å². The predicted molar refractivity (Wildman–Crippen MR) is 91.4 cm³/mol. The fourth-order valence-electron chi connectivity index (χ4n) is 3.06. The first-order chi connectivity index (χ1) is 10.6.